The number of rotatable bonds is 5. The van der Waals surface area contributed by atoms with Crippen LogP contribution in [-0.2, 0) is 6.42 Å². The van der Waals surface area contributed by atoms with Gasteiger partial charge in [0.25, 0.3) is 5.89 Å². The molecule has 0 radical (unpaired) electrons. The van der Waals surface area contributed by atoms with E-state index in [1.54, 1.807) is 6.20 Å². The van der Waals surface area contributed by atoms with Gasteiger partial charge >= 0.3 is 0 Å². The first-order valence-electron chi connectivity index (χ1n) is 8.04. The van der Waals surface area contributed by atoms with Gasteiger partial charge in [0.05, 0.1) is 5.56 Å². The highest BCUT2D eigenvalue weighted by Gasteiger charge is 2.16. The maximum Gasteiger partial charge on any atom is 0.259 e. The smallest absolute Gasteiger partial charge is 0.259 e. The third-order valence-corrected chi connectivity index (χ3v) is 5.13. The van der Waals surface area contributed by atoms with Crippen LogP contribution in [0.3, 0.4) is 0 Å². The Hall–Kier alpha value is -2.34. The number of nitrogens with zero attached hydrogens (tertiary/aromatic N) is 3. The Morgan fingerprint density at radius 1 is 1.17 bits per heavy atom. The molecule has 0 saturated carbocycles. The van der Waals surface area contributed by atoms with Crippen LogP contribution in [0.1, 0.15) is 17.8 Å². The van der Waals surface area contributed by atoms with Crippen LogP contribution in [0, 0.1) is 0 Å². The predicted molar refractivity (Wildman–Crippen MR) is 96.1 cm³/mol. The van der Waals surface area contributed by atoms with Gasteiger partial charge in [0.15, 0.2) is 5.82 Å². The number of anilines is 1. The molecule has 0 bridgehead atoms. The van der Waals surface area contributed by atoms with Gasteiger partial charge in [0.2, 0.25) is 0 Å². The van der Waals surface area contributed by atoms with Crippen molar-refractivity contribution in [3.05, 3.63) is 60.0 Å². The molecule has 1 N–H and O–H groups in total. The van der Waals surface area contributed by atoms with Crippen molar-refractivity contribution in [2.45, 2.75) is 18.9 Å². The van der Waals surface area contributed by atoms with Crippen LogP contribution in [0.4, 0.5) is 5.82 Å². The van der Waals surface area contributed by atoms with Gasteiger partial charge in [-0.15, -0.1) is 0 Å². The second-order valence-electron chi connectivity index (χ2n) is 5.82. The summed E-state index contributed by atoms with van der Waals surface area (Å²) in [7, 11) is 0. The Kier molecular flexibility index (Phi) is 4.46. The fraction of sp³-hybridized carbons (Fsp3) is 0.278. The molecule has 1 aliphatic rings. The standard InChI is InChI=1S/C18H18N4OS/c1-2-4-13(5-3-1)10-17-21-18(23-22-17)14-6-7-16(19-11-14)20-15-8-9-24-12-15/h1-7,11,15H,8-10,12H2,(H,19,20)/t15-/m1/s1. The normalized spacial score (nSPS) is 17.1. The minimum absolute atomic E-state index is 0.511. The first-order valence-corrected chi connectivity index (χ1v) is 9.19. The van der Waals surface area contributed by atoms with E-state index in [1.807, 2.05) is 42.1 Å². The van der Waals surface area contributed by atoms with Crippen molar-refractivity contribution in [1.29, 1.82) is 0 Å². The molecule has 122 valence electrons. The number of pyridine rings is 1. The summed E-state index contributed by atoms with van der Waals surface area (Å²) in [6, 6.07) is 14.6. The van der Waals surface area contributed by atoms with Gasteiger partial charge < -0.3 is 9.84 Å². The summed E-state index contributed by atoms with van der Waals surface area (Å²) < 4.78 is 5.37. The highest BCUT2D eigenvalue weighted by atomic mass is 32.2. The minimum Gasteiger partial charge on any atom is -0.366 e. The van der Waals surface area contributed by atoms with E-state index in [2.05, 4.69) is 32.6 Å². The zero-order chi connectivity index (χ0) is 16.2. The van der Waals surface area contributed by atoms with Gasteiger partial charge in [0, 0.05) is 24.4 Å². The number of aromatic nitrogens is 3. The Morgan fingerprint density at radius 3 is 2.83 bits per heavy atom. The average molecular weight is 338 g/mol. The molecule has 3 heterocycles. The summed E-state index contributed by atoms with van der Waals surface area (Å²) in [4.78, 5) is 8.93. The first kappa shape index (κ1) is 15.2. The third-order valence-electron chi connectivity index (χ3n) is 3.97. The average Bonchev–Trinajstić information content (AvgIpc) is 3.29. The Morgan fingerprint density at radius 2 is 2.08 bits per heavy atom. The van der Waals surface area contributed by atoms with Gasteiger partial charge in [-0.1, -0.05) is 35.5 Å². The van der Waals surface area contributed by atoms with E-state index in [-0.39, 0.29) is 0 Å². The van der Waals surface area contributed by atoms with Crippen molar-refractivity contribution in [3.63, 3.8) is 0 Å². The molecule has 5 nitrogen and oxygen atoms in total. The fourth-order valence-corrected chi connectivity index (χ4v) is 3.84. The van der Waals surface area contributed by atoms with Crippen molar-refractivity contribution in [2.75, 3.05) is 16.8 Å². The molecule has 2 aromatic heterocycles. The van der Waals surface area contributed by atoms with Crippen molar-refractivity contribution >= 4 is 17.6 Å². The fourth-order valence-electron chi connectivity index (χ4n) is 2.68. The number of hydrogen-bond acceptors (Lipinski definition) is 6. The van der Waals surface area contributed by atoms with Gasteiger partial charge in [-0.25, -0.2) is 4.98 Å². The lowest BCUT2D eigenvalue weighted by molar-refractivity contribution is 0.424. The molecule has 6 heteroatoms. The Bertz CT molecular complexity index is 782. The zero-order valence-electron chi connectivity index (χ0n) is 13.2. The lowest BCUT2D eigenvalue weighted by atomic mass is 10.1. The summed E-state index contributed by atoms with van der Waals surface area (Å²) in [5.74, 6) is 4.46. The summed E-state index contributed by atoms with van der Waals surface area (Å²) in [5, 5.41) is 7.52. The molecule has 0 spiro atoms. The lowest BCUT2D eigenvalue weighted by Gasteiger charge is -2.11. The Balaban J connectivity index is 1.44. The van der Waals surface area contributed by atoms with Gasteiger partial charge in [-0.3, -0.25) is 0 Å². The molecule has 24 heavy (non-hydrogen) atoms. The van der Waals surface area contributed by atoms with Crippen LogP contribution in [-0.4, -0.2) is 32.7 Å². The summed E-state index contributed by atoms with van der Waals surface area (Å²) in [6.45, 7) is 0. The maximum atomic E-state index is 5.37. The van der Waals surface area contributed by atoms with E-state index in [4.69, 9.17) is 4.52 Å². The highest BCUT2D eigenvalue weighted by molar-refractivity contribution is 7.99. The monoisotopic (exact) mass is 338 g/mol. The number of thioether (sulfide) groups is 1. The van der Waals surface area contributed by atoms with Gasteiger partial charge in [-0.05, 0) is 29.9 Å². The molecule has 1 aromatic carbocycles. The number of benzene rings is 1. The predicted octanol–water partition coefficient (Wildman–Crippen LogP) is 3.64. The number of hydrogen-bond donors (Lipinski definition) is 1. The molecule has 1 atom stereocenters. The minimum atomic E-state index is 0.511. The quantitative estimate of drug-likeness (QED) is 0.766. The van der Waals surface area contributed by atoms with Crippen molar-refractivity contribution in [2.24, 2.45) is 0 Å². The van der Waals surface area contributed by atoms with E-state index in [0.29, 0.717) is 24.2 Å². The van der Waals surface area contributed by atoms with E-state index in [0.717, 1.165) is 22.7 Å². The molecule has 1 saturated heterocycles. The summed E-state index contributed by atoms with van der Waals surface area (Å²) in [6.07, 6.45) is 3.64. The van der Waals surface area contributed by atoms with E-state index in [9.17, 15) is 0 Å². The second-order valence-corrected chi connectivity index (χ2v) is 6.96. The third kappa shape index (κ3) is 3.59. The van der Waals surface area contributed by atoms with Crippen LogP contribution in [0.2, 0.25) is 0 Å². The Labute approximate surface area is 144 Å². The molecule has 3 aromatic rings. The molecular formula is C18H18N4OS. The van der Waals surface area contributed by atoms with Crippen LogP contribution >= 0.6 is 11.8 Å². The highest BCUT2D eigenvalue weighted by Crippen LogP contribution is 2.22. The molecule has 0 aliphatic carbocycles. The molecule has 1 fully saturated rings. The molecule has 4 rings (SSSR count). The van der Waals surface area contributed by atoms with E-state index in [1.165, 1.54) is 12.2 Å². The van der Waals surface area contributed by atoms with Crippen molar-refractivity contribution in [3.8, 4) is 11.5 Å². The topological polar surface area (TPSA) is 63.8 Å². The first-order chi connectivity index (χ1) is 11.9. The SMILES string of the molecule is c1ccc(Cc2noc(-c3ccc(N[C@@H]4CCSC4)nc3)n2)cc1. The van der Waals surface area contributed by atoms with E-state index >= 15 is 0 Å². The molecule has 0 amide bonds. The number of nitrogens with one attached hydrogen (secondary N) is 1. The van der Waals surface area contributed by atoms with Crippen LogP contribution in [0.15, 0.2) is 53.2 Å². The van der Waals surface area contributed by atoms with Crippen LogP contribution < -0.4 is 5.32 Å². The maximum absolute atomic E-state index is 5.37. The van der Waals surface area contributed by atoms with Crippen molar-refractivity contribution < 1.29 is 4.52 Å². The van der Waals surface area contributed by atoms with Gasteiger partial charge in [0.1, 0.15) is 5.82 Å². The second kappa shape index (κ2) is 7.05. The lowest BCUT2D eigenvalue weighted by Crippen LogP contribution is -2.18. The largest absolute Gasteiger partial charge is 0.366 e. The summed E-state index contributed by atoms with van der Waals surface area (Å²) in [5.41, 5.74) is 2.00. The van der Waals surface area contributed by atoms with Gasteiger partial charge in [-0.2, -0.15) is 16.7 Å². The molecule has 1 aliphatic heterocycles. The molecular weight excluding hydrogens is 320 g/mol. The van der Waals surface area contributed by atoms with Crippen LogP contribution in [0.25, 0.3) is 11.5 Å². The molecule has 0 unspecified atom stereocenters. The summed E-state index contributed by atoms with van der Waals surface area (Å²) >= 11 is 1.98. The van der Waals surface area contributed by atoms with Crippen LogP contribution in [0.5, 0.6) is 0 Å². The van der Waals surface area contributed by atoms with E-state index < -0.39 is 0 Å². The van der Waals surface area contributed by atoms with Crippen molar-refractivity contribution in [1.82, 2.24) is 15.1 Å². The zero-order valence-corrected chi connectivity index (χ0v) is 14.0.